The van der Waals surface area contributed by atoms with Crippen molar-refractivity contribution in [1.82, 2.24) is 10.2 Å². The number of ketones is 1. The Morgan fingerprint density at radius 3 is 2.36 bits per heavy atom. The van der Waals surface area contributed by atoms with Crippen molar-refractivity contribution in [1.29, 1.82) is 5.41 Å². The minimum absolute atomic E-state index is 0. The third-order valence-corrected chi connectivity index (χ3v) is 6.08. The van der Waals surface area contributed by atoms with Gasteiger partial charge in [0, 0.05) is 30.3 Å². The number of nitrogens with one attached hydrogen (secondary N) is 2. The van der Waals surface area contributed by atoms with Gasteiger partial charge in [0.2, 0.25) is 0 Å². The first kappa shape index (κ1) is 29.3. The highest BCUT2D eigenvalue weighted by Gasteiger charge is 2.30. The molecule has 0 fully saturated rings. The van der Waals surface area contributed by atoms with Crippen molar-refractivity contribution in [3.63, 3.8) is 0 Å². The molecule has 0 bridgehead atoms. The number of amides is 1. The zero-order valence-electron chi connectivity index (χ0n) is 21.2. The quantitative estimate of drug-likeness (QED) is 0.359. The van der Waals surface area contributed by atoms with E-state index >= 15 is 0 Å². The highest BCUT2D eigenvalue weighted by molar-refractivity contribution is 8.93. The molecule has 2 aromatic rings. The summed E-state index contributed by atoms with van der Waals surface area (Å²) in [5.74, 6) is 0.223. The van der Waals surface area contributed by atoms with Crippen LogP contribution in [0.25, 0.3) is 0 Å². The molecule has 3 rings (SSSR count). The molecular formula is C25H32BrN3O6S. The summed E-state index contributed by atoms with van der Waals surface area (Å²) in [6.45, 7) is 8.19. The van der Waals surface area contributed by atoms with Gasteiger partial charge < -0.3 is 19.1 Å². The van der Waals surface area contributed by atoms with Gasteiger partial charge in [-0.25, -0.2) is 0 Å². The van der Waals surface area contributed by atoms with E-state index in [4.69, 9.17) is 14.3 Å². The average Bonchev–Trinajstić information content (AvgIpc) is 3.05. The standard InChI is InChI=1S/C25H31N3O6S.BrH/c1-7-33-22-11-16-13-28(23(26)17(16)12-18(22)24(30)27-5)14-20(29)15-8-9-21(34-35(6,31)32)19(10-15)25(2,3)4;/h8-12,26H,7,13-14H2,1-6H3,(H,27,30);1H. The Labute approximate surface area is 222 Å². The summed E-state index contributed by atoms with van der Waals surface area (Å²) in [4.78, 5) is 27.1. The molecular weight excluding hydrogens is 550 g/mol. The van der Waals surface area contributed by atoms with Crippen molar-refractivity contribution in [2.75, 3.05) is 26.5 Å². The number of hydrogen-bond acceptors (Lipinski definition) is 7. The van der Waals surface area contributed by atoms with Crippen LogP contribution in [-0.2, 0) is 22.1 Å². The van der Waals surface area contributed by atoms with E-state index < -0.39 is 15.5 Å². The van der Waals surface area contributed by atoms with Crippen molar-refractivity contribution >= 4 is 44.6 Å². The first-order valence-electron chi connectivity index (χ1n) is 11.2. The number of amidine groups is 1. The lowest BCUT2D eigenvalue weighted by Gasteiger charge is -2.23. The Morgan fingerprint density at radius 1 is 1.14 bits per heavy atom. The number of halogens is 1. The van der Waals surface area contributed by atoms with Crippen molar-refractivity contribution in [2.24, 2.45) is 0 Å². The van der Waals surface area contributed by atoms with Gasteiger partial charge in [-0.05, 0) is 48.2 Å². The molecule has 0 saturated heterocycles. The van der Waals surface area contributed by atoms with Gasteiger partial charge in [-0.3, -0.25) is 15.0 Å². The van der Waals surface area contributed by atoms with Gasteiger partial charge in [0.1, 0.15) is 17.3 Å². The van der Waals surface area contributed by atoms with Crippen LogP contribution in [0.15, 0.2) is 30.3 Å². The molecule has 1 heterocycles. The molecule has 0 aromatic heterocycles. The summed E-state index contributed by atoms with van der Waals surface area (Å²) in [7, 11) is -2.20. The number of Topliss-reactive ketones (excluding diaryl/α,β-unsaturated/α-hetero) is 1. The van der Waals surface area contributed by atoms with Crippen LogP contribution in [0.3, 0.4) is 0 Å². The molecule has 1 aliphatic rings. The number of fused-ring (bicyclic) bond motifs is 1. The highest BCUT2D eigenvalue weighted by Crippen LogP contribution is 2.34. The molecule has 0 saturated carbocycles. The summed E-state index contributed by atoms with van der Waals surface area (Å²) in [5.41, 5.74) is 2.21. The average molecular weight is 583 g/mol. The molecule has 0 radical (unpaired) electrons. The fraction of sp³-hybridized carbons (Fsp3) is 0.400. The number of benzene rings is 2. The summed E-state index contributed by atoms with van der Waals surface area (Å²) < 4.78 is 34.1. The fourth-order valence-corrected chi connectivity index (χ4v) is 4.41. The Kier molecular flexibility index (Phi) is 8.96. The van der Waals surface area contributed by atoms with Crippen LogP contribution in [0.2, 0.25) is 0 Å². The Bertz CT molecular complexity index is 1300. The maximum absolute atomic E-state index is 13.2. The van der Waals surface area contributed by atoms with Crippen LogP contribution in [0.1, 0.15) is 65.1 Å². The van der Waals surface area contributed by atoms with E-state index in [1.165, 1.54) is 19.2 Å². The smallest absolute Gasteiger partial charge is 0.306 e. The monoisotopic (exact) mass is 581 g/mol. The number of hydrogen-bond donors (Lipinski definition) is 2. The number of nitrogens with zero attached hydrogens (tertiary/aromatic N) is 1. The summed E-state index contributed by atoms with van der Waals surface area (Å²) in [5, 5.41) is 11.2. The number of carbonyl (C=O) groups is 2. The lowest BCUT2D eigenvalue weighted by molar-refractivity contribution is 0.0953. The second-order valence-corrected chi connectivity index (χ2v) is 11.0. The molecule has 11 heteroatoms. The lowest BCUT2D eigenvalue weighted by atomic mass is 9.85. The second kappa shape index (κ2) is 11.0. The third-order valence-electron chi connectivity index (χ3n) is 5.59. The molecule has 196 valence electrons. The van der Waals surface area contributed by atoms with Gasteiger partial charge in [0.15, 0.2) is 5.78 Å². The first-order chi connectivity index (χ1) is 16.2. The molecule has 0 unspecified atom stereocenters. The third kappa shape index (κ3) is 6.44. The zero-order chi connectivity index (χ0) is 26.1. The molecule has 2 aromatic carbocycles. The Balaban J connectivity index is 0.00000456. The highest BCUT2D eigenvalue weighted by atomic mass is 79.9. The van der Waals surface area contributed by atoms with Gasteiger partial charge in [-0.2, -0.15) is 8.42 Å². The second-order valence-electron chi connectivity index (χ2n) is 9.39. The molecule has 36 heavy (non-hydrogen) atoms. The first-order valence-corrected chi connectivity index (χ1v) is 13.0. The van der Waals surface area contributed by atoms with E-state index in [1.54, 1.807) is 23.1 Å². The molecule has 2 N–H and O–H groups in total. The van der Waals surface area contributed by atoms with Gasteiger partial charge in [0.05, 0.1) is 25.0 Å². The van der Waals surface area contributed by atoms with Gasteiger partial charge in [-0.1, -0.05) is 20.8 Å². The maximum atomic E-state index is 13.2. The molecule has 9 nitrogen and oxygen atoms in total. The molecule has 0 atom stereocenters. The minimum Gasteiger partial charge on any atom is -0.493 e. The molecule has 1 aliphatic heterocycles. The fourth-order valence-electron chi connectivity index (χ4n) is 3.94. The Morgan fingerprint density at radius 2 is 1.81 bits per heavy atom. The summed E-state index contributed by atoms with van der Waals surface area (Å²) in [6.07, 6.45) is 0.974. The van der Waals surface area contributed by atoms with Crippen LogP contribution in [-0.4, -0.2) is 57.3 Å². The Hall–Kier alpha value is -2.92. The summed E-state index contributed by atoms with van der Waals surface area (Å²) >= 11 is 0. The van der Waals surface area contributed by atoms with Crippen LogP contribution in [0.4, 0.5) is 0 Å². The van der Waals surface area contributed by atoms with Crippen LogP contribution < -0.4 is 14.2 Å². The normalized spacial score (nSPS) is 13.1. The van der Waals surface area contributed by atoms with E-state index in [0.29, 0.717) is 41.2 Å². The SMILES string of the molecule is Br.CCOc1cc2c(cc1C(=O)NC)C(=N)N(CC(=O)c1ccc(OS(C)(=O)=O)c(C(C)(C)C)c1)C2. The van der Waals surface area contributed by atoms with E-state index in [1.807, 2.05) is 27.7 Å². The zero-order valence-corrected chi connectivity index (χ0v) is 23.8. The molecule has 1 amide bonds. The van der Waals surface area contributed by atoms with Crippen molar-refractivity contribution in [2.45, 2.75) is 39.7 Å². The predicted octanol–water partition coefficient (Wildman–Crippen LogP) is 3.68. The van der Waals surface area contributed by atoms with Crippen molar-refractivity contribution in [3.8, 4) is 11.5 Å². The molecule has 0 aliphatic carbocycles. The van der Waals surface area contributed by atoms with E-state index in [0.717, 1.165) is 11.8 Å². The van der Waals surface area contributed by atoms with Crippen molar-refractivity contribution in [3.05, 3.63) is 58.1 Å². The van der Waals surface area contributed by atoms with E-state index in [2.05, 4.69) is 5.32 Å². The number of carbonyl (C=O) groups excluding carboxylic acids is 2. The minimum atomic E-state index is -3.73. The van der Waals surface area contributed by atoms with Crippen LogP contribution in [0.5, 0.6) is 11.5 Å². The topological polar surface area (TPSA) is 126 Å². The summed E-state index contributed by atoms with van der Waals surface area (Å²) in [6, 6.07) is 8.04. The van der Waals surface area contributed by atoms with Crippen LogP contribution in [0, 0.1) is 5.41 Å². The van der Waals surface area contributed by atoms with Gasteiger partial charge in [0.25, 0.3) is 5.91 Å². The van der Waals surface area contributed by atoms with Gasteiger partial charge in [-0.15, -0.1) is 17.0 Å². The number of ether oxygens (including phenoxy) is 1. The largest absolute Gasteiger partial charge is 0.493 e. The number of rotatable bonds is 8. The van der Waals surface area contributed by atoms with E-state index in [9.17, 15) is 18.0 Å². The molecule has 0 spiro atoms. The van der Waals surface area contributed by atoms with Crippen LogP contribution >= 0.6 is 17.0 Å². The predicted molar refractivity (Wildman–Crippen MR) is 144 cm³/mol. The van der Waals surface area contributed by atoms with Crippen molar-refractivity contribution < 1.29 is 26.9 Å². The lowest BCUT2D eigenvalue weighted by Crippen LogP contribution is -2.30. The van der Waals surface area contributed by atoms with E-state index in [-0.39, 0.29) is 46.8 Å². The van der Waals surface area contributed by atoms with Gasteiger partial charge >= 0.3 is 10.1 Å². The maximum Gasteiger partial charge on any atom is 0.306 e.